The summed E-state index contributed by atoms with van der Waals surface area (Å²) in [5.74, 6) is 3.07. The highest BCUT2D eigenvalue weighted by molar-refractivity contribution is 8.00. The van der Waals surface area contributed by atoms with Gasteiger partial charge in [-0.15, -0.1) is 11.3 Å². The maximum atomic E-state index is 12.2. The van der Waals surface area contributed by atoms with Crippen LogP contribution in [0.25, 0.3) is 0 Å². The topological polar surface area (TPSA) is 69.7 Å². The number of nitrogens with zero attached hydrogens (tertiary/aromatic N) is 1. The van der Waals surface area contributed by atoms with E-state index < -0.39 is 0 Å². The molecule has 3 rings (SSSR count). The number of amides is 1. The summed E-state index contributed by atoms with van der Waals surface area (Å²) >= 11 is 3.18. The number of thiazole rings is 1. The van der Waals surface area contributed by atoms with E-state index in [0.29, 0.717) is 6.54 Å². The fraction of sp³-hybridized carbons (Fsp3) is 0.304. The van der Waals surface area contributed by atoms with Crippen LogP contribution in [-0.2, 0) is 23.4 Å². The summed E-state index contributed by atoms with van der Waals surface area (Å²) in [6, 6.07) is 13.7. The Hall–Kier alpha value is -2.71. The molecule has 0 aliphatic carbocycles. The van der Waals surface area contributed by atoms with Crippen molar-refractivity contribution < 1.29 is 19.0 Å². The molecule has 0 unspecified atom stereocenters. The molecule has 0 aliphatic rings. The van der Waals surface area contributed by atoms with Crippen molar-refractivity contribution in [3.05, 3.63) is 64.7 Å². The van der Waals surface area contributed by atoms with Gasteiger partial charge in [0.25, 0.3) is 0 Å². The highest BCUT2D eigenvalue weighted by Crippen LogP contribution is 2.30. The van der Waals surface area contributed by atoms with Crippen molar-refractivity contribution in [1.82, 2.24) is 10.3 Å². The largest absolute Gasteiger partial charge is 0.497 e. The lowest BCUT2D eigenvalue weighted by Crippen LogP contribution is -2.27. The third kappa shape index (κ3) is 7.18. The van der Waals surface area contributed by atoms with Gasteiger partial charge in [-0.1, -0.05) is 23.9 Å². The predicted octanol–water partition coefficient (Wildman–Crippen LogP) is 4.36. The molecule has 0 aliphatic heterocycles. The van der Waals surface area contributed by atoms with E-state index in [4.69, 9.17) is 14.2 Å². The quantitative estimate of drug-likeness (QED) is 0.431. The summed E-state index contributed by atoms with van der Waals surface area (Å²) in [4.78, 5) is 16.8. The van der Waals surface area contributed by atoms with Crippen LogP contribution in [0.4, 0.5) is 0 Å². The molecule has 0 bridgehead atoms. The number of hydrogen-bond donors (Lipinski definition) is 1. The van der Waals surface area contributed by atoms with Gasteiger partial charge >= 0.3 is 0 Å². The average Bonchev–Trinajstić information content (AvgIpc) is 3.24. The molecule has 0 atom stereocenters. The van der Waals surface area contributed by atoms with E-state index in [9.17, 15) is 4.79 Å². The molecule has 0 fully saturated rings. The van der Waals surface area contributed by atoms with Gasteiger partial charge in [0.1, 0.15) is 21.6 Å². The first kappa shape index (κ1) is 23.0. The first-order chi connectivity index (χ1) is 15.1. The number of carbonyl (C=O) groups excluding carboxylic acids is 1. The summed E-state index contributed by atoms with van der Waals surface area (Å²) < 4.78 is 16.8. The van der Waals surface area contributed by atoms with Crippen LogP contribution in [0.5, 0.6) is 17.2 Å². The Kier molecular flexibility index (Phi) is 8.61. The number of ether oxygens (including phenoxy) is 3. The van der Waals surface area contributed by atoms with Gasteiger partial charge in [-0.25, -0.2) is 4.98 Å². The molecule has 6 nitrogen and oxygen atoms in total. The Morgan fingerprint density at radius 3 is 2.42 bits per heavy atom. The molecule has 31 heavy (non-hydrogen) atoms. The molecule has 0 spiro atoms. The number of nitrogens with one attached hydrogen (secondary N) is 1. The fourth-order valence-corrected chi connectivity index (χ4v) is 4.71. The maximum Gasteiger partial charge on any atom is 0.226 e. The molecule has 1 aromatic heterocycles. The fourth-order valence-electron chi connectivity index (χ4n) is 2.93. The summed E-state index contributed by atoms with van der Waals surface area (Å²) in [5.41, 5.74) is 3.00. The third-order valence-corrected chi connectivity index (χ3v) is 6.66. The summed E-state index contributed by atoms with van der Waals surface area (Å²) in [5, 5.41) is 4.90. The third-order valence-electron chi connectivity index (χ3n) is 4.52. The first-order valence-corrected chi connectivity index (χ1v) is 11.6. The van der Waals surface area contributed by atoms with Crippen molar-refractivity contribution in [3.63, 3.8) is 0 Å². The van der Waals surface area contributed by atoms with Crippen LogP contribution in [0, 0.1) is 0 Å². The van der Waals surface area contributed by atoms with Gasteiger partial charge < -0.3 is 19.5 Å². The smallest absolute Gasteiger partial charge is 0.226 e. The van der Waals surface area contributed by atoms with E-state index in [2.05, 4.69) is 10.3 Å². The Morgan fingerprint density at radius 1 is 1.00 bits per heavy atom. The van der Waals surface area contributed by atoms with Gasteiger partial charge in [-0.2, -0.15) is 0 Å². The van der Waals surface area contributed by atoms with Gasteiger partial charge in [0.05, 0.1) is 33.4 Å². The summed E-state index contributed by atoms with van der Waals surface area (Å²) in [6.07, 6.45) is 1.03. The van der Waals surface area contributed by atoms with Gasteiger partial charge in [-0.05, 0) is 41.8 Å². The molecule has 0 saturated heterocycles. The van der Waals surface area contributed by atoms with E-state index in [0.717, 1.165) is 50.6 Å². The molecular formula is C23H26N2O4S2. The van der Waals surface area contributed by atoms with E-state index in [1.54, 1.807) is 44.4 Å². The van der Waals surface area contributed by atoms with Crippen molar-refractivity contribution in [1.29, 1.82) is 0 Å². The SMILES string of the molecule is COc1cccc(CCNC(=O)Cc2csc(SCc3cc(OC)cc(OC)c3)n2)c1. The molecule has 0 saturated carbocycles. The van der Waals surface area contributed by atoms with Crippen LogP contribution in [0.3, 0.4) is 0 Å². The standard InChI is InChI=1S/C23H26N2O4S2/c1-27-19-6-4-5-16(9-19)7-8-24-22(26)12-18-15-31-23(25-18)30-14-17-10-20(28-2)13-21(11-17)29-3/h4-6,9-11,13,15H,7-8,12,14H2,1-3H3,(H,24,26). The second kappa shape index (κ2) is 11.6. The second-order valence-corrected chi connectivity index (χ2v) is 8.82. The van der Waals surface area contributed by atoms with Crippen molar-refractivity contribution >= 4 is 29.0 Å². The van der Waals surface area contributed by atoms with E-state index in [1.807, 2.05) is 47.8 Å². The lowest BCUT2D eigenvalue weighted by atomic mass is 10.1. The highest BCUT2D eigenvalue weighted by Gasteiger charge is 2.09. The number of carbonyl (C=O) groups is 1. The normalized spacial score (nSPS) is 10.5. The first-order valence-electron chi connectivity index (χ1n) is 9.78. The minimum atomic E-state index is -0.0257. The van der Waals surface area contributed by atoms with Crippen LogP contribution < -0.4 is 19.5 Å². The molecule has 0 radical (unpaired) electrons. The zero-order chi connectivity index (χ0) is 22.1. The molecule has 3 aromatic rings. The van der Waals surface area contributed by atoms with Crippen molar-refractivity contribution in [3.8, 4) is 17.2 Å². The van der Waals surface area contributed by atoms with Gasteiger partial charge in [0, 0.05) is 23.7 Å². The maximum absolute atomic E-state index is 12.2. The number of hydrogen-bond acceptors (Lipinski definition) is 7. The number of methoxy groups -OCH3 is 3. The molecule has 1 amide bonds. The van der Waals surface area contributed by atoms with Crippen LogP contribution in [0.2, 0.25) is 0 Å². The Morgan fingerprint density at radius 2 is 1.71 bits per heavy atom. The van der Waals surface area contributed by atoms with Crippen LogP contribution in [0.15, 0.2) is 52.2 Å². The Balaban J connectivity index is 1.45. The zero-order valence-electron chi connectivity index (χ0n) is 17.8. The number of thioether (sulfide) groups is 1. The predicted molar refractivity (Wildman–Crippen MR) is 125 cm³/mol. The van der Waals surface area contributed by atoms with Crippen LogP contribution in [-0.4, -0.2) is 38.8 Å². The summed E-state index contributed by atoms with van der Waals surface area (Å²) in [6.45, 7) is 0.579. The zero-order valence-corrected chi connectivity index (χ0v) is 19.5. The molecule has 164 valence electrons. The highest BCUT2D eigenvalue weighted by atomic mass is 32.2. The van der Waals surface area contributed by atoms with E-state index in [-0.39, 0.29) is 12.3 Å². The lowest BCUT2D eigenvalue weighted by molar-refractivity contribution is -0.120. The second-order valence-electron chi connectivity index (χ2n) is 6.74. The molecule has 2 aromatic carbocycles. The average molecular weight is 459 g/mol. The molecule has 1 heterocycles. The molecule has 1 N–H and O–H groups in total. The van der Waals surface area contributed by atoms with Crippen LogP contribution >= 0.6 is 23.1 Å². The Bertz CT molecular complexity index is 984. The van der Waals surface area contributed by atoms with Gasteiger partial charge in [0.15, 0.2) is 0 Å². The number of benzene rings is 2. The molecule has 8 heteroatoms. The van der Waals surface area contributed by atoms with Crippen molar-refractivity contribution in [2.45, 2.75) is 22.9 Å². The number of rotatable bonds is 11. The van der Waals surface area contributed by atoms with E-state index >= 15 is 0 Å². The van der Waals surface area contributed by atoms with Crippen LogP contribution in [0.1, 0.15) is 16.8 Å². The monoisotopic (exact) mass is 458 g/mol. The van der Waals surface area contributed by atoms with Gasteiger partial charge in [0.2, 0.25) is 5.91 Å². The van der Waals surface area contributed by atoms with Gasteiger partial charge in [-0.3, -0.25) is 4.79 Å². The van der Waals surface area contributed by atoms with Crippen molar-refractivity contribution in [2.24, 2.45) is 0 Å². The van der Waals surface area contributed by atoms with E-state index in [1.165, 1.54) is 0 Å². The Labute approximate surface area is 191 Å². The minimum absolute atomic E-state index is 0.0257. The summed E-state index contributed by atoms with van der Waals surface area (Å²) in [7, 11) is 4.93. The lowest BCUT2D eigenvalue weighted by Gasteiger charge is -2.07. The van der Waals surface area contributed by atoms with Crippen molar-refractivity contribution in [2.75, 3.05) is 27.9 Å². The number of aromatic nitrogens is 1. The minimum Gasteiger partial charge on any atom is -0.497 e. The molecular weight excluding hydrogens is 432 g/mol.